The van der Waals surface area contributed by atoms with Crippen molar-refractivity contribution in [2.45, 2.75) is 39.2 Å². The molecular formula is C13H18ClN5. The normalized spacial score (nSPS) is 11.2. The van der Waals surface area contributed by atoms with Crippen molar-refractivity contribution in [3.63, 3.8) is 0 Å². The van der Waals surface area contributed by atoms with E-state index in [9.17, 15) is 0 Å². The summed E-state index contributed by atoms with van der Waals surface area (Å²) in [4.78, 5) is 8.39. The Morgan fingerprint density at radius 1 is 1.32 bits per heavy atom. The fraction of sp³-hybridized carbons (Fsp3) is 0.462. The van der Waals surface area contributed by atoms with Gasteiger partial charge in [0.1, 0.15) is 5.15 Å². The molecular weight excluding hydrogens is 262 g/mol. The molecule has 6 heteroatoms. The second-order valence-electron chi connectivity index (χ2n) is 4.49. The summed E-state index contributed by atoms with van der Waals surface area (Å²) in [7, 11) is 0. The highest BCUT2D eigenvalue weighted by atomic mass is 35.5. The molecule has 0 radical (unpaired) electrons. The Labute approximate surface area is 117 Å². The topological polar surface area (TPSA) is 69.6 Å². The zero-order chi connectivity index (χ0) is 13.8. The van der Waals surface area contributed by atoms with Gasteiger partial charge in [-0.1, -0.05) is 31.5 Å². The van der Waals surface area contributed by atoms with Crippen LogP contribution in [0, 0.1) is 0 Å². The van der Waals surface area contributed by atoms with Crippen molar-refractivity contribution >= 4 is 17.5 Å². The number of hydrogen-bond acceptors (Lipinski definition) is 4. The van der Waals surface area contributed by atoms with E-state index in [0.29, 0.717) is 23.6 Å². The number of anilines is 1. The van der Waals surface area contributed by atoms with Crippen LogP contribution in [0.15, 0.2) is 18.3 Å². The van der Waals surface area contributed by atoms with Gasteiger partial charge in [-0.05, 0) is 24.5 Å². The van der Waals surface area contributed by atoms with Crippen molar-refractivity contribution in [1.29, 1.82) is 0 Å². The lowest BCUT2D eigenvalue weighted by molar-refractivity contribution is 0.583. The van der Waals surface area contributed by atoms with E-state index in [1.165, 1.54) is 0 Å². The fourth-order valence-electron chi connectivity index (χ4n) is 1.99. The van der Waals surface area contributed by atoms with Crippen LogP contribution >= 0.6 is 11.6 Å². The molecule has 0 fully saturated rings. The third kappa shape index (κ3) is 3.23. The standard InChI is InChI=1S/C13H18ClN5/c1-3-10(4-2)12-17-13(15)19(18-12)8-9-5-6-11(14)16-7-9/h5-7,10H,3-4,8H2,1-2H3,(H2,15,17,18). The van der Waals surface area contributed by atoms with Crippen LogP contribution in [0.1, 0.15) is 44.0 Å². The Morgan fingerprint density at radius 2 is 2.05 bits per heavy atom. The molecule has 0 atom stereocenters. The third-order valence-corrected chi connectivity index (χ3v) is 3.41. The highest BCUT2D eigenvalue weighted by Gasteiger charge is 2.15. The van der Waals surface area contributed by atoms with Crippen molar-refractivity contribution < 1.29 is 0 Å². The van der Waals surface area contributed by atoms with Crippen molar-refractivity contribution in [2.75, 3.05) is 5.73 Å². The quantitative estimate of drug-likeness (QED) is 0.855. The van der Waals surface area contributed by atoms with Crippen LogP contribution in [0.2, 0.25) is 5.15 Å². The van der Waals surface area contributed by atoms with Gasteiger partial charge in [0.25, 0.3) is 0 Å². The number of rotatable bonds is 5. The van der Waals surface area contributed by atoms with Gasteiger partial charge < -0.3 is 5.73 Å². The zero-order valence-electron chi connectivity index (χ0n) is 11.2. The average molecular weight is 280 g/mol. The maximum Gasteiger partial charge on any atom is 0.219 e. The molecule has 2 N–H and O–H groups in total. The lowest BCUT2D eigenvalue weighted by Gasteiger charge is -2.06. The van der Waals surface area contributed by atoms with Gasteiger partial charge in [-0.15, -0.1) is 0 Å². The molecule has 0 unspecified atom stereocenters. The number of hydrogen-bond donors (Lipinski definition) is 1. The minimum Gasteiger partial charge on any atom is -0.368 e. The van der Waals surface area contributed by atoms with Crippen molar-refractivity contribution in [1.82, 2.24) is 19.7 Å². The molecule has 0 amide bonds. The molecule has 0 aliphatic carbocycles. The van der Waals surface area contributed by atoms with Crippen LogP contribution in [0.5, 0.6) is 0 Å². The zero-order valence-corrected chi connectivity index (χ0v) is 11.9. The summed E-state index contributed by atoms with van der Waals surface area (Å²) in [5.41, 5.74) is 6.91. The summed E-state index contributed by atoms with van der Waals surface area (Å²) >= 11 is 5.76. The Kier molecular flexibility index (Phi) is 4.37. The molecule has 0 aliphatic rings. The lowest BCUT2D eigenvalue weighted by Crippen LogP contribution is -2.07. The summed E-state index contributed by atoms with van der Waals surface area (Å²) in [6, 6.07) is 3.67. The van der Waals surface area contributed by atoms with E-state index >= 15 is 0 Å². The fourth-order valence-corrected chi connectivity index (χ4v) is 2.10. The van der Waals surface area contributed by atoms with E-state index in [1.807, 2.05) is 6.07 Å². The monoisotopic (exact) mass is 279 g/mol. The van der Waals surface area contributed by atoms with E-state index in [2.05, 4.69) is 28.9 Å². The number of nitrogens with two attached hydrogens (primary N) is 1. The van der Waals surface area contributed by atoms with Crippen LogP contribution in [0.25, 0.3) is 0 Å². The van der Waals surface area contributed by atoms with Crippen LogP contribution in [-0.2, 0) is 6.54 Å². The number of nitrogens with zero attached hydrogens (tertiary/aromatic N) is 4. The average Bonchev–Trinajstić information content (AvgIpc) is 2.75. The first kappa shape index (κ1) is 13.8. The van der Waals surface area contributed by atoms with E-state index in [1.54, 1.807) is 16.9 Å². The smallest absolute Gasteiger partial charge is 0.219 e. The maximum absolute atomic E-state index is 5.91. The maximum atomic E-state index is 5.91. The minimum atomic E-state index is 0.367. The van der Waals surface area contributed by atoms with E-state index in [4.69, 9.17) is 17.3 Å². The Bertz CT molecular complexity index is 530. The summed E-state index contributed by atoms with van der Waals surface area (Å²) in [5.74, 6) is 1.63. The molecule has 0 aliphatic heterocycles. The molecule has 2 heterocycles. The second-order valence-corrected chi connectivity index (χ2v) is 4.88. The van der Waals surface area contributed by atoms with Gasteiger partial charge in [-0.2, -0.15) is 10.1 Å². The van der Waals surface area contributed by atoms with Gasteiger partial charge in [0, 0.05) is 12.1 Å². The van der Waals surface area contributed by atoms with E-state index in [0.717, 1.165) is 24.2 Å². The first-order chi connectivity index (χ1) is 9.13. The van der Waals surface area contributed by atoms with Gasteiger partial charge in [0.05, 0.1) is 6.54 Å². The van der Waals surface area contributed by atoms with E-state index in [-0.39, 0.29) is 0 Å². The third-order valence-electron chi connectivity index (χ3n) is 3.19. The van der Waals surface area contributed by atoms with E-state index < -0.39 is 0 Å². The van der Waals surface area contributed by atoms with Crippen LogP contribution in [0.4, 0.5) is 5.95 Å². The largest absolute Gasteiger partial charge is 0.368 e. The molecule has 0 saturated heterocycles. The number of aromatic nitrogens is 4. The van der Waals surface area contributed by atoms with Gasteiger partial charge >= 0.3 is 0 Å². The summed E-state index contributed by atoms with van der Waals surface area (Å²) in [6.07, 6.45) is 3.76. The van der Waals surface area contributed by atoms with Crippen LogP contribution in [-0.4, -0.2) is 19.7 Å². The van der Waals surface area contributed by atoms with Crippen LogP contribution in [0.3, 0.4) is 0 Å². The molecule has 19 heavy (non-hydrogen) atoms. The van der Waals surface area contributed by atoms with Crippen molar-refractivity contribution in [3.05, 3.63) is 34.9 Å². The molecule has 0 bridgehead atoms. The Balaban J connectivity index is 2.19. The molecule has 0 saturated carbocycles. The Hall–Kier alpha value is -1.62. The second kappa shape index (κ2) is 6.02. The van der Waals surface area contributed by atoms with Crippen LogP contribution < -0.4 is 5.73 Å². The molecule has 0 spiro atoms. The predicted molar refractivity (Wildman–Crippen MR) is 76.1 cm³/mol. The number of halogens is 1. The minimum absolute atomic E-state index is 0.367. The molecule has 5 nitrogen and oxygen atoms in total. The van der Waals surface area contributed by atoms with Crippen molar-refractivity contribution in [2.24, 2.45) is 0 Å². The first-order valence-corrected chi connectivity index (χ1v) is 6.82. The van der Waals surface area contributed by atoms with Gasteiger partial charge in [0.2, 0.25) is 5.95 Å². The van der Waals surface area contributed by atoms with Crippen molar-refractivity contribution in [3.8, 4) is 0 Å². The Morgan fingerprint density at radius 3 is 2.63 bits per heavy atom. The molecule has 2 aromatic rings. The first-order valence-electron chi connectivity index (χ1n) is 6.44. The number of nitrogen functional groups attached to an aromatic ring is 1. The summed E-state index contributed by atoms with van der Waals surface area (Å²) in [5, 5.41) is 4.97. The SMILES string of the molecule is CCC(CC)c1nc(N)n(Cc2ccc(Cl)nc2)n1. The summed E-state index contributed by atoms with van der Waals surface area (Å²) in [6.45, 7) is 4.82. The molecule has 2 rings (SSSR count). The highest BCUT2D eigenvalue weighted by molar-refractivity contribution is 6.29. The predicted octanol–water partition coefficient (Wildman–Crippen LogP) is 2.86. The molecule has 2 aromatic heterocycles. The van der Waals surface area contributed by atoms with Gasteiger partial charge in [-0.3, -0.25) is 0 Å². The number of pyridine rings is 1. The molecule has 102 valence electrons. The highest BCUT2D eigenvalue weighted by Crippen LogP contribution is 2.20. The van der Waals surface area contributed by atoms with Gasteiger partial charge in [-0.25, -0.2) is 9.67 Å². The molecule has 0 aromatic carbocycles. The lowest BCUT2D eigenvalue weighted by atomic mass is 10.0. The summed E-state index contributed by atoms with van der Waals surface area (Å²) < 4.78 is 1.71. The van der Waals surface area contributed by atoms with Gasteiger partial charge in [0.15, 0.2) is 5.82 Å².